The minimum atomic E-state index is -0.774. The van der Waals surface area contributed by atoms with E-state index in [0.717, 1.165) is 49.4 Å². The SMILES string of the molecule is COc1cc(-c2ccc(C3CCc4ccc(CC(C)C(=O)O)cc4O3)cc2CN2CCCC2)ccn1. The zero-order chi connectivity index (χ0) is 25.1. The molecule has 2 aliphatic rings. The van der Waals surface area contributed by atoms with Gasteiger partial charge in [0.25, 0.3) is 0 Å². The van der Waals surface area contributed by atoms with Crippen molar-refractivity contribution in [2.45, 2.75) is 51.7 Å². The van der Waals surface area contributed by atoms with E-state index in [1.807, 2.05) is 24.3 Å². The van der Waals surface area contributed by atoms with Gasteiger partial charge < -0.3 is 14.6 Å². The van der Waals surface area contributed by atoms with Crippen molar-refractivity contribution in [1.29, 1.82) is 0 Å². The molecule has 2 aromatic carbocycles. The summed E-state index contributed by atoms with van der Waals surface area (Å²) in [5.41, 5.74) is 6.98. The molecule has 2 aliphatic heterocycles. The molecule has 6 nitrogen and oxygen atoms in total. The lowest BCUT2D eigenvalue weighted by Crippen LogP contribution is -2.20. The first kappa shape index (κ1) is 24.3. The van der Waals surface area contributed by atoms with E-state index in [1.165, 1.54) is 35.1 Å². The molecule has 2 unspecified atom stereocenters. The monoisotopic (exact) mass is 486 g/mol. The Labute approximate surface area is 212 Å². The number of carboxylic acid groups (broad SMARTS) is 1. The molecular formula is C30H34N2O4. The van der Waals surface area contributed by atoms with Gasteiger partial charge in [-0.3, -0.25) is 9.69 Å². The molecular weight excluding hydrogens is 452 g/mol. The first-order valence-electron chi connectivity index (χ1n) is 12.9. The lowest BCUT2D eigenvalue weighted by Gasteiger charge is -2.28. The van der Waals surface area contributed by atoms with Crippen LogP contribution in [0.5, 0.6) is 11.6 Å². The second-order valence-corrected chi connectivity index (χ2v) is 10.0. The van der Waals surface area contributed by atoms with Crippen molar-refractivity contribution >= 4 is 5.97 Å². The predicted molar refractivity (Wildman–Crippen MR) is 139 cm³/mol. The van der Waals surface area contributed by atoms with Crippen LogP contribution in [-0.4, -0.2) is 41.2 Å². The Hall–Kier alpha value is -3.38. The third-order valence-electron chi connectivity index (χ3n) is 7.39. The average Bonchev–Trinajstić information content (AvgIpc) is 3.41. The quantitative estimate of drug-likeness (QED) is 0.442. The fourth-order valence-electron chi connectivity index (χ4n) is 5.31. The Bertz CT molecular complexity index is 1240. The molecule has 1 aromatic heterocycles. The molecule has 3 heterocycles. The first-order chi connectivity index (χ1) is 17.5. The second-order valence-electron chi connectivity index (χ2n) is 10.0. The highest BCUT2D eigenvalue weighted by Gasteiger charge is 2.24. The van der Waals surface area contributed by atoms with Gasteiger partial charge in [0.05, 0.1) is 13.0 Å². The largest absolute Gasteiger partial charge is 0.485 e. The molecule has 5 rings (SSSR count). The first-order valence-corrected chi connectivity index (χ1v) is 12.9. The van der Waals surface area contributed by atoms with Crippen LogP contribution in [-0.2, 0) is 24.2 Å². The topological polar surface area (TPSA) is 71.9 Å². The Morgan fingerprint density at radius 2 is 2.00 bits per heavy atom. The van der Waals surface area contributed by atoms with Crippen LogP contribution >= 0.6 is 0 Å². The number of hydrogen-bond donors (Lipinski definition) is 1. The number of carbonyl (C=O) groups is 1. The van der Waals surface area contributed by atoms with Crippen LogP contribution in [0.2, 0.25) is 0 Å². The van der Waals surface area contributed by atoms with E-state index in [0.29, 0.717) is 12.3 Å². The molecule has 0 amide bonds. The molecule has 1 N–H and O–H groups in total. The number of nitrogens with zero attached hydrogens (tertiary/aromatic N) is 2. The number of likely N-dealkylation sites (tertiary alicyclic amines) is 1. The summed E-state index contributed by atoms with van der Waals surface area (Å²) in [4.78, 5) is 18.1. The van der Waals surface area contributed by atoms with Crippen molar-refractivity contribution in [2.75, 3.05) is 20.2 Å². The van der Waals surface area contributed by atoms with E-state index in [2.05, 4.69) is 34.1 Å². The van der Waals surface area contributed by atoms with E-state index in [4.69, 9.17) is 9.47 Å². The van der Waals surface area contributed by atoms with Crippen molar-refractivity contribution < 1.29 is 19.4 Å². The minimum Gasteiger partial charge on any atom is -0.485 e. The third-order valence-corrected chi connectivity index (χ3v) is 7.39. The minimum absolute atomic E-state index is 0.0250. The van der Waals surface area contributed by atoms with Gasteiger partial charge in [0.1, 0.15) is 11.9 Å². The van der Waals surface area contributed by atoms with Crippen LogP contribution in [0, 0.1) is 5.92 Å². The fraction of sp³-hybridized carbons (Fsp3) is 0.400. The molecule has 0 saturated carbocycles. The van der Waals surface area contributed by atoms with Gasteiger partial charge >= 0.3 is 5.97 Å². The lowest BCUT2D eigenvalue weighted by molar-refractivity contribution is -0.141. The molecule has 188 valence electrons. The smallest absolute Gasteiger partial charge is 0.306 e. The van der Waals surface area contributed by atoms with Gasteiger partial charge in [0.2, 0.25) is 5.88 Å². The van der Waals surface area contributed by atoms with Gasteiger partial charge in [-0.05, 0) is 90.7 Å². The van der Waals surface area contributed by atoms with E-state index < -0.39 is 11.9 Å². The van der Waals surface area contributed by atoms with Crippen LogP contribution in [0.1, 0.15) is 54.5 Å². The Kier molecular flexibility index (Phi) is 7.23. The highest BCUT2D eigenvalue weighted by atomic mass is 16.5. The van der Waals surface area contributed by atoms with Crippen molar-refractivity contribution in [1.82, 2.24) is 9.88 Å². The summed E-state index contributed by atoms with van der Waals surface area (Å²) >= 11 is 0. The van der Waals surface area contributed by atoms with Gasteiger partial charge in [0, 0.05) is 18.8 Å². The highest BCUT2D eigenvalue weighted by molar-refractivity contribution is 5.70. The number of hydrogen-bond acceptors (Lipinski definition) is 5. The molecule has 0 aliphatic carbocycles. The molecule has 6 heteroatoms. The maximum atomic E-state index is 11.3. The standard InChI is InChI=1S/C30H34N2O4/c1-20(30(33)34)15-21-5-6-22-8-10-27(36-28(22)16-21)24-7-9-26(23-11-12-31-29(18-23)35-2)25(17-24)19-32-13-3-4-14-32/h5-7,9,11-12,16-18,20,27H,3-4,8,10,13-15,19H2,1-2H3,(H,33,34). The fourth-order valence-corrected chi connectivity index (χ4v) is 5.31. The molecule has 0 radical (unpaired) electrons. The Balaban J connectivity index is 1.43. The van der Waals surface area contributed by atoms with Crippen LogP contribution < -0.4 is 9.47 Å². The number of pyridine rings is 1. The summed E-state index contributed by atoms with van der Waals surface area (Å²) in [5, 5.41) is 9.29. The number of aryl methyl sites for hydroxylation is 1. The summed E-state index contributed by atoms with van der Waals surface area (Å²) in [6.45, 7) is 4.92. The molecule has 1 saturated heterocycles. The highest BCUT2D eigenvalue weighted by Crippen LogP contribution is 2.38. The van der Waals surface area contributed by atoms with E-state index >= 15 is 0 Å². The van der Waals surface area contributed by atoms with Crippen molar-refractivity contribution in [2.24, 2.45) is 5.92 Å². The van der Waals surface area contributed by atoms with E-state index in [1.54, 1.807) is 20.2 Å². The van der Waals surface area contributed by atoms with Crippen molar-refractivity contribution in [3.63, 3.8) is 0 Å². The summed E-state index contributed by atoms with van der Waals surface area (Å²) in [6.07, 6.45) is 6.64. The zero-order valence-electron chi connectivity index (χ0n) is 21.1. The van der Waals surface area contributed by atoms with Gasteiger partial charge in [-0.2, -0.15) is 0 Å². The molecule has 0 bridgehead atoms. The number of rotatable bonds is 8. The molecule has 0 spiro atoms. The normalized spacial score (nSPS) is 18.3. The number of benzene rings is 2. The predicted octanol–water partition coefficient (Wildman–Crippen LogP) is 5.68. The lowest BCUT2D eigenvalue weighted by atomic mass is 9.91. The molecule has 1 fully saturated rings. The molecule has 3 aromatic rings. The molecule has 2 atom stereocenters. The number of carboxylic acids is 1. The van der Waals surface area contributed by atoms with Crippen LogP contribution in [0.25, 0.3) is 11.1 Å². The van der Waals surface area contributed by atoms with Gasteiger partial charge in [-0.1, -0.05) is 37.3 Å². The summed E-state index contributed by atoms with van der Waals surface area (Å²) in [6, 6.07) is 16.9. The maximum absolute atomic E-state index is 11.3. The van der Waals surface area contributed by atoms with E-state index in [-0.39, 0.29) is 6.10 Å². The zero-order valence-corrected chi connectivity index (χ0v) is 21.1. The van der Waals surface area contributed by atoms with Crippen LogP contribution in [0.4, 0.5) is 0 Å². The third kappa shape index (κ3) is 5.39. The van der Waals surface area contributed by atoms with Gasteiger partial charge in [-0.25, -0.2) is 4.98 Å². The number of methoxy groups -OCH3 is 1. The van der Waals surface area contributed by atoms with Crippen molar-refractivity contribution in [3.05, 3.63) is 77.0 Å². The van der Waals surface area contributed by atoms with Crippen molar-refractivity contribution in [3.8, 4) is 22.8 Å². The number of fused-ring (bicyclic) bond motifs is 1. The summed E-state index contributed by atoms with van der Waals surface area (Å²) < 4.78 is 11.9. The Morgan fingerprint density at radius 3 is 2.78 bits per heavy atom. The van der Waals surface area contributed by atoms with Crippen LogP contribution in [0.15, 0.2) is 54.7 Å². The Morgan fingerprint density at radius 1 is 1.17 bits per heavy atom. The van der Waals surface area contributed by atoms with E-state index in [9.17, 15) is 9.90 Å². The maximum Gasteiger partial charge on any atom is 0.306 e. The average molecular weight is 487 g/mol. The summed E-state index contributed by atoms with van der Waals surface area (Å²) in [7, 11) is 1.65. The van der Waals surface area contributed by atoms with Gasteiger partial charge in [-0.15, -0.1) is 0 Å². The molecule has 36 heavy (non-hydrogen) atoms. The van der Waals surface area contributed by atoms with Crippen LogP contribution in [0.3, 0.4) is 0 Å². The number of aliphatic carboxylic acids is 1. The second kappa shape index (κ2) is 10.7. The number of ether oxygens (including phenoxy) is 2. The summed E-state index contributed by atoms with van der Waals surface area (Å²) in [5.74, 6) is 0.299. The van der Waals surface area contributed by atoms with Gasteiger partial charge in [0.15, 0.2) is 0 Å². The number of aromatic nitrogens is 1.